The molecule has 0 amide bonds. The molecule has 0 bridgehead atoms. The summed E-state index contributed by atoms with van der Waals surface area (Å²) >= 11 is 0. The Balaban J connectivity index is 2.02. The van der Waals surface area contributed by atoms with Crippen LogP contribution in [0, 0.1) is 0 Å². The monoisotopic (exact) mass is 259 g/mol. The summed E-state index contributed by atoms with van der Waals surface area (Å²) in [5.41, 5.74) is 0.767. The van der Waals surface area contributed by atoms with Crippen molar-refractivity contribution in [3.8, 4) is 17.1 Å². The molecule has 3 rings (SSSR count). The summed E-state index contributed by atoms with van der Waals surface area (Å²) < 4.78 is 1.51. The van der Waals surface area contributed by atoms with Gasteiger partial charge in [-0.2, -0.15) is 0 Å². The van der Waals surface area contributed by atoms with Crippen LogP contribution in [-0.4, -0.2) is 30.9 Å². The van der Waals surface area contributed by atoms with E-state index in [1.54, 1.807) is 24.3 Å². The number of aromatic hydroxyl groups is 1. The van der Waals surface area contributed by atoms with Gasteiger partial charge < -0.3 is 10.2 Å². The average molecular weight is 259 g/mol. The lowest BCUT2D eigenvalue weighted by molar-refractivity contribution is -0.141. The molecule has 6 heteroatoms. The van der Waals surface area contributed by atoms with Crippen LogP contribution in [-0.2, 0) is 11.2 Å². The minimum absolute atomic E-state index is 0.177. The van der Waals surface area contributed by atoms with Gasteiger partial charge >= 0.3 is 5.97 Å². The van der Waals surface area contributed by atoms with E-state index in [9.17, 15) is 15.0 Å². The topological polar surface area (TPSA) is 88.2 Å². The van der Waals surface area contributed by atoms with Gasteiger partial charge in [0.05, 0.1) is 0 Å². The van der Waals surface area contributed by atoms with Gasteiger partial charge in [-0.05, 0) is 37.1 Å². The zero-order chi connectivity index (χ0) is 13.4. The van der Waals surface area contributed by atoms with Gasteiger partial charge in [-0.15, -0.1) is 5.10 Å². The molecule has 2 aromatic rings. The number of carboxylic acids is 1. The van der Waals surface area contributed by atoms with Gasteiger partial charge in [0.25, 0.3) is 0 Å². The Morgan fingerprint density at radius 2 is 2.05 bits per heavy atom. The van der Waals surface area contributed by atoms with E-state index < -0.39 is 12.0 Å². The Bertz CT molecular complexity index is 619. The zero-order valence-corrected chi connectivity index (χ0v) is 10.2. The molecule has 6 nitrogen and oxygen atoms in total. The Labute approximate surface area is 109 Å². The first kappa shape index (κ1) is 11.7. The van der Waals surface area contributed by atoms with E-state index in [0.29, 0.717) is 18.1 Å². The minimum Gasteiger partial charge on any atom is -0.508 e. The molecule has 2 N–H and O–H groups in total. The first-order valence-electron chi connectivity index (χ1n) is 6.13. The number of hydrogen-bond donors (Lipinski definition) is 2. The number of phenolic OH excluding ortho intramolecular Hbond substituents is 1. The minimum atomic E-state index is -0.872. The highest BCUT2D eigenvalue weighted by Crippen LogP contribution is 2.26. The fraction of sp³-hybridized carbons (Fsp3) is 0.308. The molecule has 98 valence electrons. The van der Waals surface area contributed by atoms with Crippen molar-refractivity contribution >= 4 is 5.97 Å². The fourth-order valence-electron chi connectivity index (χ4n) is 2.31. The molecule has 1 atom stereocenters. The number of nitrogens with zero attached hydrogens (tertiary/aromatic N) is 3. The van der Waals surface area contributed by atoms with Gasteiger partial charge in [0.1, 0.15) is 11.6 Å². The number of phenols is 1. The van der Waals surface area contributed by atoms with Crippen molar-refractivity contribution in [2.24, 2.45) is 0 Å². The maximum atomic E-state index is 11.2. The average Bonchev–Trinajstić information content (AvgIpc) is 2.82. The Hall–Kier alpha value is -2.37. The Morgan fingerprint density at radius 3 is 2.74 bits per heavy atom. The van der Waals surface area contributed by atoms with E-state index in [2.05, 4.69) is 10.1 Å². The van der Waals surface area contributed by atoms with E-state index in [4.69, 9.17) is 0 Å². The number of hydrogen-bond acceptors (Lipinski definition) is 4. The van der Waals surface area contributed by atoms with Crippen LogP contribution in [0.2, 0.25) is 0 Å². The molecule has 0 aliphatic carbocycles. The van der Waals surface area contributed by atoms with Crippen LogP contribution in [0.5, 0.6) is 5.75 Å². The lowest BCUT2D eigenvalue weighted by atomic mass is 10.1. The first-order valence-corrected chi connectivity index (χ1v) is 6.13. The predicted octanol–water partition coefficient (Wildman–Crippen LogP) is 1.61. The van der Waals surface area contributed by atoms with E-state index in [1.807, 2.05) is 0 Å². The summed E-state index contributed by atoms with van der Waals surface area (Å²) in [5.74, 6) is 0.518. The van der Waals surface area contributed by atoms with Crippen LogP contribution < -0.4 is 0 Å². The molecule has 0 radical (unpaired) electrons. The molecule has 2 heterocycles. The van der Waals surface area contributed by atoms with Gasteiger partial charge in [0, 0.05) is 12.0 Å². The third-order valence-corrected chi connectivity index (χ3v) is 3.29. The summed E-state index contributed by atoms with van der Waals surface area (Å²) in [7, 11) is 0. The second kappa shape index (κ2) is 4.38. The highest BCUT2D eigenvalue weighted by Gasteiger charge is 2.28. The van der Waals surface area contributed by atoms with E-state index in [-0.39, 0.29) is 5.75 Å². The number of carboxylic acid groups (broad SMARTS) is 1. The molecule has 0 fully saturated rings. The molecular weight excluding hydrogens is 246 g/mol. The molecule has 1 aliphatic rings. The van der Waals surface area contributed by atoms with Gasteiger partial charge in [0.2, 0.25) is 0 Å². The Kier molecular flexibility index (Phi) is 2.70. The molecule has 1 aromatic carbocycles. The summed E-state index contributed by atoms with van der Waals surface area (Å²) in [5, 5.41) is 22.7. The van der Waals surface area contributed by atoms with Crippen LogP contribution in [0.15, 0.2) is 24.3 Å². The maximum absolute atomic E-state index is 11.2. The second-order valence-corrected chi connectivity index (χ2v) is 4.59. The van der Waals surface area contributed by atoms with Crippen LogP contribution >= 0.6 is 0 Å². The SMILES string of the molecule is O=C(O)C1CCCc2nc(-c3ccc(O)cc3)nn21. The molecule has 1 aromatic heterocycles. The zero-order valence-electron chi connectivity index (χ0n) is 10.2. The number of rotatable bonds is 2. The highest BCUT2D eigenvalue weighted by atomic mass is 16.4. The highest BCUT2D eigenvalue weighted by molar-refractivity contribution is 5.72. The van der Waals surface area contributed by atoms with Crippen molar-refractivity contribution in [3.05, 3.63) is 30.1 Å². The number of fused-ring (bicyclic) bond motifs is 1. The van der Waals surface area contributed by atoms with Crippen molar-refractivity contribution < 1.29 is 15.0 Å². The Morgan fingerprint density at radius 1 is 1.32 bits per heavy atom. The molecule has 0 saturated carbocycles. The van der Waals surface area contributed by atoms with E-state index in [0.717, 1.165) is 18.4 Å². The molecule has 0 saturated heterocycles. The lowest BCUT2D eigenvalue weighted by Gasteiger charge is -2.19. The quantitative estimate of drug-likeness (QED) is 0.855. The molecule has 19 heavy (non-hydrogen) atoms. The lowest BCUT2D eigenvalue weighted by Crippen LogP contribution is -2.25. The molecule has 1 unspecified atom stereocenters. The predicted molar refractivity (Wildman–Crippen MR) is 66.7 cm³/mol. The van der Waals surface area contributed by atoms with Crippen molar-refractivity contribution in [1.29, 1.82) is 0 Å². The number of aryl methyl sites for hydroxylation is 1. The van der Waals surface area contributed by atoms with Crippen molar-refractivity contribution in [2.75, 3.05) is 0 Å². The van der Waals surface area contributed by atoms with E-state index in [1.165, 1.54) is 4.68 Å². The van der Waals surface area contributed by atoms with Crippen molar-refractivity contribution in [2.45, 2.75) is 25.3 Å². The van der Waals surface area contributed by atoms with Crippen LogP contribution in [0.4, 0.5) is 0 Å². The number of aliphatic carboxylic acids is 1. The standard InChI is InChI=1S/C13H13N3O3/c17-9-6-4-8(5-7-9)12-14-11-3-1-2-10(13(18)19)16(11)15-12/h4-7,10,17H,1-3H2,(H,18,19). The molecular formula is C13H13N3O3. The largest absolute Gasteiger partial charge is 0.508 e. The number of carbonyl (C=O) groups is 1. The van der Waals surface area contributed by atoms with Gasteiger partial charge in [-0.3, -0.25) is 0 Å². The summed E-state index contributed by atoms with van der Waals surface area (Å²) in [6.45, 7) is 0. The third-order valence-electron chi connectivity index (χ3n) is 3.29. The van der Waals surface area contributed by atoms with E-state index >= 15 is 0 Å². The summed E-state index contributed by atoms with van der Waals surface area (Å²) in [6.07, 6.45) is 2.14. The summed E-state index contributed by atoms with van der Waals surface area (Å²) in [4.78, 5) is 15.6. The van der Waals surface area contributed by atoms with Gasteiger partial charge in [-0.1, -0.05) is 0 Å². The second-order valence-electron chi connectivity index (χ2n) is 4.59. The fourth-order valence-corrected chi connectivity index (χ4v) is 2.31. The first-order chi connectivity index (χ1) is 9.15. The smallest absolute Gasteiger partial charge is 0.328 e. The molecule has 0 spiro atoms. The van der Waals surface area contributed by atoms with Crippen LogP contribution in [0.25, 0.3) is 11.4 Å². The maximum Gasteiger partial charge on any atom is 0.328 e. The van der Waals surface area contributed by atoms with Gasteiger partial charge in [-0.25, -0.2) is 14.5 Å². The third kappa shape index (κ3) is 2.05. The van der Waals surface area contributed by atoms with Crippen molar-refractivity contribution in [1.82, 2.24) is 14.8 Å². The molecule has 1 aliphatic heterocycles. The van der Waals surface area contributed by atoms with Crippen LogP contribution in [0.1, 0.15) is 24.7 Å². The van der Waals surface area contributed by atoms with Crippen molar-refractivity contribution in [3.63, 3.8) is 0 Å². The van der Waals surface area contributed by atoms with Crippen LogP contribution in [0.3, 0.4) is 0 Å². The number of aromatic nitrogens is 3. The van der Waals surface area contributed by atoms with Gasteiger partial charge in [0.15, 0.2) is 11.9 Å². The normalized spacial score (nSPS) is 18.0. The summed E-state index contributed by atoms with van der Waals surface area (Å²) in [6, 6.07) is 5.93. The number of benzene rings is 1.